The van der Waals surface area contributed by atoms with Gasteiger partial charge < -0.3 is 5.73 Å². The summed E-state index contributed by atoms with van der Waals surface area (Å²) in [5.74, 6) is 0.236. The van der Waals surface area contributed by atoms with Crippen LogP contribution in [0.25, 0.3) is 0 Å². The van der Waals surface area contributed by atoms with E-state index in [-0.39, 0.29) is 11.2 Å². The highest BCUT2D eigenvalue weighted by Crippen LogP contribution is 2.52. The second-order valence-electron chi connectivity index (χ2n) is 3.70. The third kappa shape index (κ3) is 0.830. The van der Waals surface area contributed by atoms with Crippen LogP contribution in [0, 0.1) is 5.41 Å². The largest absolute Gasteiger partial charge is 0.400 e. The Morgan fingerprint density at radius 2 is 1.83 bits per heavy atom. The van der Waals surface area contributed by atoms with Crippen LogP contribution >= 0.6 is 15.9 Å². The molecule has 0 heterocycles. The average Bonchev–Trinajstić information content (AvgIpc) is 2.16. The standard InChI is InChI=1S/C9H12BrNO/c10-6-7(11)9(8(6)12)4-2-1-3-5-9/h1-5,11H2. The van der Waals surface area contributed by atoms with Gasteiger partial charge in [-0.05, 0) is 28.8 Å². The molecular formula is C9H12BrNO. The number of halogens is 1. The van der Waals surface area contributed by atoms with Gasteiger partial charge in [-0.25, -0.2) is 0 Å². The van der Waals surface area contributed by atoms with Crippen molar-refractivity contribution in [1.29, 1.82) is 0 Å². The molecule has 0 aromatic heterocycles. The Morgan fingerprint density at radius 3 is 2.33 bits per heavy atom. The number of hydrogen-bond donors (Lipinski definition) is 1. The van der Waals surface area contributed by atoms with Gasteiger partial charge in [-0.15, -0.1) is 0 Å². The van der Waals surface area contributed by atoms with Gasteiger partial charge in [0.15, 0.2) is 5.78 Å². The van der Waals surface area contributed by atoms with E-state index in [0.717, 1.165) is 31.4 Å². The molecule has 0 aliphatic heterocycles. The minimum absolute atomic E-state index is 0.236. The first kappa shape index (κ1) is 8.30. The van der Waals surface area contributed by atoms with Crippen molar-refractivity contribution in [3.63, 3.8) is 0 Å². The molecule has 0 aromatic carbocycles. The Balaban J connectivity index is 2.29. The normalized spacial score (nSPS) is 27.6. The molecule has 0 amide bonds. The van der Waals surface area contributed by atoms with Crippen LogP contribution in [0.15, 0.2) is 10.2 Å². The van der Waals surface area contributed by atoms with Crippen LogP contribution < -0.4 is 5.73 Å². The van der Waals surface area contributed by atoms with Gasteiger partial charge in [0.1, 0.15) is 0 Å². The van der Waals surface area contributed by atoms with Gasteiger partial charge in [0.25, 0.3) is 0 Å². The van der Waals surface area contributed by atoms with E-state index >= 15 is 0 Å². The summed E-state index contributed by atoms with van der Waals surface area (Å²) in [6, 6.07) is 0. The first-order valence-electron chi connectivity index (χ1n) is 4.39. The third-order valence-electron chi connectivity index (χ3n) is 3.09. The molecule has 2 rings (SSSR count). The van der Waals surface area contributed by atoms with Crippen molar-refractivity contribution in [3.05, 3.63) is 10.2 Å². The maximum absolute atomic E-state index is 11.6. The van der Waals surface area contributed by atoms with Crippen molar-refractivity contribution in [2.24, 2.45) is 11.1 Å². The van der Waals surface area contributed by atoms with Crippen LogP contribution in [-0.4, -0.2) is 5.78 Å². The molecule has 0 bridgehead atoms. The SMILES string of the molecule is NC1=C(Br)C(=O)C12CCCCC2. The minimum Gasteiger partial charge on any atom is -0.400 e. The Bertz CT molecular complexity index is 264. The van der Waals surface area contributed by atoms with Crippen LogP contribution in [0.2, 0.25) is 0 Å². The van der Waals surface area contributed by atoms with E-state index < -0.39 is 0 Å². The summed E-state index contributed by atoms with van der Waals surface area (Å²) in [5.41, 5.74) is 6.39. The van der Waals surface area contributed by atoms with Crippen molar-refractivity contribution in [2.75, 3.05) is 0 Å². The fourth-order valence-corrected chi connectivity index (χ4v) is 3.01. The van der Waals surface area contributed by atoms with Gasteiger partial charge in [-0.1, -0.05) is 19.3 Å². The number of Topliss-reactive ketones (excluding diaryl/α,β-unsaturated/α-hetero) is 1. The maximum Gasteiger partial charge on any atom is 0.183 e. The summed E-state index contributed by atoms with van der Waals surface area (Å²) in [4.78, 5) is 11.6. The highest BCUT2D eigenvalue weighted by atomic mass is 79.9. The monoisotopic (exact) mass is 229 g/mol. The smallest absolute Gasteiger partial charge is 0.183 e. The van der Waals surface area contributed by atoms with Crippen LogP contribution in [0.5, 0.6) is 0 Å². The maximum atomic E-state index is 11.6. The number of carbonyl (C=O) groups excluding carboxylic acids is 1. The van der Waals surface area contributed by atoms with Gasteiger partial charge in [-0.2, -0.15) is 0 Å². The van der Waals surface area contributed by atoms with Gasteiger partial charge in [0.2, 0.25) is 0 Å². The molecular weight excluding hydrogens is 218 g/mol. The predicted octanol–water partition coefficient (Wildman–Crippen LogP) is 2.08. The molecule has 0 saturated heterocycles. The zero-order chi connectivity index (χ0) is 8.77. The average molecular weight is 230 g/mol. The Hall–Kier alpha value is -0.310. The fourth-order valence-electron chi connectivity index (χ4n) is 2.25. The molecule has 2 aliphatic rings. The molecule has 1 saturated carbocycles. The molecule has 0 aromatic rings. The minimum atomic E-state index is -0.239. The van der Waals surface area contributed by atoms with Crippen LogP contribution in [0.3, 0.4) is 0 Å². The molecule has 3 heteroatoms. The number of rotatable bonds is 0. The lowest BCUT2D eigenvalue weighted by Crippen LogP contribution is -2.47. The zero-order valence-electron chi connectivity index (χ0n) is 6.90. The van der Waals surface area contributed by atoms with E-state index in [1.165, 1.54) is 6.42 Å². The Morgan fingerprint density at radius 1 is 1.25 bits per heavy atom. The highest BCUT2D eigenvalue weighted by Gasteiger charge is 2.51. The van der Waals surface area contributed by atoms with Gasteiger partial charge in [0.05, 0.1) is 9.90 Å². The van der Waals surface area contributed by atoms with E-state index in [1.54, 1.807) is 0 Å². The summed E-state index contributed by atoms with van der Waals surface area (Å²) < 4.78 is 0.629. The number of carbonyl (C=O) groups is 1. The Labute approximate surface area is 80.3 Å². The van der Waals surface area contributed by atoms with Crippen LogP contribution in [-0.2, 0) is 4.79 Å². The van der Waals surface area contributed by atoms with Crippen molar-refractivity contribution < 1.29 is 4.79 Å². The fraction of sp³-hybridized carbons (Fsp3) is 0.667. The molecule has 0 unspecified atom stereocenters. The zero-order valence-corrected chi connectivity index (χ0v) is 8.49. The van der Waals surface area contributed by atoms with E-state index in [4.69, 9.17) is 5.73 Å². The van der Waals surface area contributed by atoms with E-state index in [0.29, 0.717) is 4.48 Å². The van der Waals surface area contributed by atoms with Crippen molar-refractivity contribution in [2.45, 2.75) is 32.1 Å². The first-order chi connectivity index (χ1) is 5.68. The quantitative estimate of drug-likeness (QED) is 0.692. The van der Waals surface area contributed by atoms with Crippen molar-refractivity contribution in [3.8, 4) is 0 Å². The molecule has 2 aliphatic carbocycles. The number of ketones is 1. The van der Waals surface area contributed by atoms with E-state index in [9.17, 15) is 4.79 Å². The molecule has 1 spiro atoms. The molecule has 1 fully saturated rings. The lowest BCUT2D eigenvalue weighted by Gasteiger charge is -2.43. The van der Waals surface area contributed by atoms with Crippen LogP contribution in [0.4, 0.5) is 0 Å². The van der Waals surface area contributed by atoms with Crippen molar-refractivity contribution >= 4 is 21.7 Å². The number of nitrogens with two attached hydrogens (primary N) is 1. The number of allylic oxidation sites excluding steroid dienone is 2. The molecule has 2 N–H and O–H groups in total. The summed E-state index contributed by atoms with van der Waals surface area (Å²) >= 11 is 3.21. The summed E-state index contributed by atoms with van der Waals surface area (Å²) in [5, 5.41) is 0. The molecule has 66 valence electrons. The summed E-state index contributed by atoms with van der Waals surface area (Å²) in [6.45, 7) is 0. The van der Waals surface area contributed by atoms with E-state index in [2.05, 4.69) is 15.9 Å². The lowest BCUT2D eigenvalue weighted by molar-refractivity contribution is -0.126. The summed E-state index contributed by atoms with van der Waals surface area (Å²) in [7, 11) is 0. The number of hydrogen-bond acceptors (Lipinski definition) is 2. The van der Waals surface area contributed by atoms with Gasteiger partial charge in [0, 0.05) is 5.70 Å². The molecule has 0 atom stereocenters. The first-order valence-corrected chi connectivity index (χ1v) is 5.18. The molecule has 0 radical (unpaired) electrons. The third-order valence-corrected chi connectivity index (χ3v) is 3.88. The topological polar surface area (TPSA) is 43.1 Å². The van der Waals surface area contributed by atoms with Gasteiger partial charge in [-0.3, -0.25) is 4.79 Å². The second-order valence-corrected chi connectivity index (χ2v) is 4.49. The van der Waals surface area contributed by atoms with Gasteiger partial charge >= 0.3 is 0 Å². The lowest BCUT2D eigenvalue weighted by atomic mass is 9.63. The second kappa shape index (κ2) is 2.59. The molecule has 2 nitrogen and oxygen atoms in total. The van der Waals surface area contributed by atoms with Crippen molar-refractivity contribution in [1.82, 2.24) is 0 Å². The predicted molar refractivity (Wildman–Crippen MR) is 50.7 cm³/mol. The molecule has 12 heavy (non-hydrogen) atoms. The highest BCUT2D eigenvalue weighted by molar-refractivity contribution is 9.12. The summed E-state index contributed by atoms with van der Waals surface area (Å²) in [6.07, 6.45) is 5.47. The Kier molecular flexibility index (Phi) is 1.79. The van der Waals surface area contributed by atoms with Crippen LogP contribution in [0.1, 0.15) is 32.1 Å². The van der Waals surface area contributed by atoms with E-state index in [1.807, 2.05) is 0 Å².